The van der Waals surface area contributed by atoms with Gasteiger partial charge in [-0.3, -0.25) is 9.69 Å². The Labute approximate surface area is 150 Å². The maximum atomic E-state index is 12.7. The number of carbonyl (C=O) groups is 1. The summed E-state index contributed by atoms with van der Waals surface area (Å²) in [5.74, 6) is 0.833. The summed E-state index contributed by atoms with van der Waals surface area (Å²) in [5.41, 5.74) is 1.42. The number of likely N-dealkylation sites (tertiary alicyclic amines) is 1. The van der Waals surface area contributed by atoms with Crippen molar-refractivity contribution in [2.45, 2.75) is 50.0 Å². The third-order valence-electron chi connectivity index (χ3n) is 6.40. The van der Waals surface area contributed by atoms with Gasteiger partial charge in [0.25, 0.3) is 0 Å². The molecule has 1 N–H and O–H groups in total. The van der Waals surface area contributed by atoms with Gasteiger partial charge >= 0.3 is 0 Å². The highest BCUT2D eigenvalue weighted by molar-refractivity contribution is 5.83. The molecule has 3 aliphatic rings. The highest BCUT2D eigenvalue weighted by Gasteiger charge is 2.45. The zero-order valence-corrected chi connectivity index (χ0v) is 15.1. The number of ether oxygens (including phenoxy) is 1. The van der Waals surface area contributed by atoms with Gasteiger partial charge in [-0.2, -0.15) is 0 Å². The Morgan fingerprint density at radius 2 is 1.84 bits per heavy atom. The molecule has 4 rings (SSSR count). The van der Waals surface area contributed by atoms with Gasteiger partial charge in [-0.15, -0.1) is 0 Å². The zero-order valence-electron chi connectivity index (χ0n) is 15.1. The molecule has 0 bridgehead atoms. The Hall–Kier alpha value is -1.39. The SMILES string of the molecule is O=C(NCC1(N2CCCCC2)CCOCC1)[C@H]1C[C@@H]1c1ccccc1. The van der Waals surface area contributed by atoms with E-state index in [4.69, 9.17) is 4.74 Å². The van der Waals surface area contributed by atoms with E-state index in [1.165, 1.54) is 37.9 Å². The van der Waals surface area contributed by atoms with Crippen LogP contribution in [0.2, 0.25) is 0 Å². The first kappa shape index (κ1) is 17.0. The van der Waals surface area contributed by atoms with Crippen molar-refractivity contribution < 1.29 is 9.53 Å². The molecule has 25 heavy (non-hydrogen) atoms. The van der Waals surface area contributed by atoms with E-state index in [1.807, 2.05) is 6.07 Å². The number of nitrogens with one attached hydrogen (secondary N) is 1. The largest absolute Gasteiger partial charge is 0.381 e. The standard InChI is InChI=1S/C21H30N2O2/c24-20(19-15-18(19)17-7-3-1-4-8-17)22-16-21(9-13-25-14-10-21)23-11-5-2-6-12-23/h1,3-4,7-8,18-19H,2,5-6,9-16H2,(H,22,24)/t18-,19+/m1/s1. The van der Waals surface area contributed by atoms with Gasteiger partial charge in [-0.25, -0.2) is 0 Å². The molecule has 0 radical (unpaired) electrons. The summed E-state index contributed by atoms with van der Waals surface area (Å²) >= 11 is 0. The van der Waals surface area contributed by atoms with Crippen LogP contribution in [0.1, 0.15) is 50.0 Å². The van der Waals surface area contributed by atoms with Crippen LogP contribution in [0.25, 0.3) is 0 Å². The molecule has 0 unspecified atom stereocenters. The van der Waals surface area contributed by atoms with Crippen molar-refractivity contribution in [1.29, 1.82) is 0 Å². The predicted octanol–water partition coefficient (Wildman–Crippen LogP) is 2.94. The molecular weight excluding hydrogens is 312 g/mol. The highest BCUT2D eigenvalue weighted by Crippen LogP contribution is 2.47. The van der Waals surface area contributed by atoms with Crippen molar-refractivity contribution in [2.75, 3.05) is 32.8 Å². The van der Waals surface area contributed by atoms with E-state index in [0.717, 1.165) is 39.0 Å². The van der Waals surface area contributed by atoms with Gasteiger partial charge in [0.2, 0.25) is 5.91 Å². The molecule has 2 aliphatic heterocycles. The molecule has 3 fully saturated rings. The summed E-state index contributed by atoms with van der Waals surface area (Å²) in [6.45, 7) is 4.77. The van der Waals surface area contributed by atoms with Crippen LogP contribution in [0.3, 0.4) is 0 Å². The monoisotopic (exact) mass is 342 g/mol. The summed E-state index contributed by atoms with van der Waals surface area (Å²) in [4.78, 5) is 15.3. The minimum Gasteiger partial charge on any atom is -0.381 e. The molecule has 1 amide bonds. The molecule has 1 aromatic carbocycles. The number of hydrogen-bond acceptors (Lipinski definition) is 3. The lowest BCUT2D eigenvalue weighted by molar-refractivity contribution is -0.124. The lowest BCUT2D eigenvalue weighted by atomic mass is 9.86. The zero-order chi connectivity index (χ0) is 17.1. The molecule has 4 heteroatoms. The van der Waals surface area contributed by atoms with Crippen LogP contribution in [-0.2, 0) is 9.53 Å². The highest BCUT2D eigenvalue weighted by atomic mass is 16.5. The fourth-order valence-electron chi connectivity index (χ4n) is 4.66. The summed E-state index contributed by atoms with van der Waals surface area (Å²) in [6.07, 6.45) is 7.00. The third kappa shape index (κ3) is 3.75. The fraction of sp³-hybridized carbons (Fsp3) is 0.667. The number of amides is 1. The van der Waals surface area contributed by atoms with Gasteiger partial charge in [0.05, 0.1) is 0 Å². The maximum Gasteiger partial charge on any atom is 0.223 e. The maximum absolute atomic E-state index is 12.7. The average molecular weight is 342 g/mol. The van der Waals surface area contributed by atoms with E-state index in [9.17, 15) is 4.79 Å². The van der Waals surface area contributed by atoms with Crippen molar-refractivity contribution >= 4 is 5.91 Å². The number of piperidine rings is 1. The minimum atomic E-state index is 0.117. The van der Waals surface area contributed by atoms with Crippen LogP contribution in [0.5, 0.6) is 0 Å². The van der Waals surface area contributed by atoms with Crippen LogP contribution in [0, 0.1) is 5.92 Å². The van der Waals surface area contributed by atoms with Crippen molar-refractivity contribution in [3.05, 3.63) is 35.9 Å². The van der Waals surface area contributed by atoms with Crippen LogP contribution >= 0.6 is 0 Å². The second-order valence-electron chi connectivity index (χ2n) is 7.96. The van der Waals surface area contributed by atoms with Gasteiger partial charge in [0.1, 0.15) is 0 Å². The molecule has 136 valence electrons. The summed E-state index contributed by atoms with van der Waals surface area (Å²) in [6, 6.07) is 10.5. The second kappa shape index (κ2) is 7.46. The number of nitrogens with zero attached hydrogens (tertiary/aromatic N) is 1. The van der Waals surface area contributed by atoms with Gasteiger partial charge in [-0.05, 0) is 56.7 Å². The number of carbonyl (C=O) groups excluding carboxylic acids is 1. The molecule has 1 saturated carbocycles. The summed E-state index contributed by atoms with van der Waals surface area (Å²) in [7, 11) is 0. The topological polar surface area (TPSA) is 41.6 Å². The van der Waals surface area contributed by atoms with Crippen molar-refractivity contribution in [2.24, 2.45) is 5.92 Å². The molecule has 0 spiro atoms. The Bertz CT molecular complexity index is 577. The molecule has 2 heterocycles. The Morgan fingerprint density at radius 1 is 1.12 bits per heavy atom. The predicted molar refractivity (Wildman–Crippen MR) is 98.5 cm³/mol. The van der Waals surface area contributed by atoms with Crippen LogP contribution in [0.15, 0.2) is 30.3 Å². The molecule has 4 nitrogen and oxygen atoms in total. The smallest absolute Gasteiger partial charge is 0.223 e. The molecule has 0 aromatic heterocycles. The van der Waals surface area contributed by atoms with Crippen molar-refractivity contribution in [3.63, 3.8) is 0 Å². The first-order chi connectivity index (χ1) is 12.3. The van der Waals surface area contributed by atoms with Gasteiger partial charge in [0.15, 0.2) is 0 Å². The van der Waals surface area contributed by atoms with E-state index < -0.39 is 0 Å². The quantitative estimate of drug-likeness (QED) is 0.894. The van der Waals surface area contributed by atoms with Crippen molar-refractivity contribution in [1.82, 2.24) is 10.2 Å². The second-order valence-corrected chi connectivity index (χ2v) is 7.96. The van der Waals surface area contributed by atoms with E-state index in [-0.39, 0.29) is 17.4 Å². The number of rotatable bonds is 5. The molecule has 1 aromatic rings. The Kier molecular flexibility index (Phi) is 5.09. The summed E-state index contributed by atoms with van der Waals surface area (Å²) < 4.78 is 5.62. The third-order valence-corrected chi connectivity index (χ3v) is 6.40. The van der Waals surface area contributed by atoms with E-state index in [2.05, 4.69) is 34.5 Å². The van der Waals surface area contributed by atoms with Gasteiger partial charge in [-0.1, -0.05) is 36.8 Å². The lowest BCUT2D eigenvalue weighted by Gasteiger charge is -2.48. The number of hydrogen-bond donors (Lipinski definition) is 1. The number of benzene rings is 1. The van der Waals surface area contributed by atoms with Crippen LogP contribution in [0.4, 0.5) is 0 Å². The average Bonchev–Trinajstić information content (AvgIpc) is 3.49. The van der Waals surface area contributed by atoms with Crippen LogP contribution in [-0.4, -0.2) is 49.2 Å². The van der Waals surface area contributed by atoms with E-state index in [0.29, 0.717) is 5.92 Å². The molecule has 2 atom stereocenters. The van der Waals surface area contributed by atoms with Crippen molar-refractivity contribution in [3.8, 4) is 0 Å². The van der Waals surface area contributed by atoms with Gasteiger partial charge in [0, 0.05) is 31.2 Å². The first-order valence-electron chi connectivity index (χ1n) is 9.94. The lowest BCUT2D eigenvalue weighted by Crippen LogP contribution is -2.59. The molecule has 1 aliphatic carbocycles. The van der Waals surface area contributed by atoms with Crippen LogP contribution < -0.4 is 5.32 Å². The fourth-order valence-corrected chi connectivity index (χ4v) is 4.66. The van der Waals surface area contributed by atoms with Gasteiger partial charge < -0.3 is 10.1 Å². The molecular formula is C21H30N2O2. The normalized spacial score (nSPS) is 29.1. The Balaban J connectivity index is 1.36. The first-order valence-corrected chi connectivity index (χ1v) is 9.94. The minimum absolute atomic E-state index is 0.117. The summed E-state index contributed by atoms with van der Waals surface area (Å²) in [5, 5.41) is 3.32. The van der Waals surface area contributed by atoms with E-state index >= 15 is 0 Å². The molecule has 2 saturated heterocycles. The Morgan fingerprint density at radius 3 is 2.56 bits per heavy atom. The van der Waals surface area contributed by atoms with E-state index in [1.54, 1.807) is 0 Å².